The summed E-state index contributed by atoms with van der Waals surface area (Å²) in [5.41, 5.74) is 7.11. The minimum absolute atomic E-state index is 0.0430. The van der Waals surface area contributed by atoms with Crippen LogP contribution >= 0.6 is 12.2 Å². The number of hydrogen-bond acceptors (Lipinski definition) is 4. The number of anilines is 1. The maximum Gasteiger partial charge on any atom is 0.242 e. The number of carbonyl (C=O) groups excluding carboxylic acids is 1. The van der Waals surface area contributed by atoms with E-state index in [0.29, 0.717) is 12.2 Å². The molecule has 5 nitrogen and oxygen atoms in total. The summed E-state index contributed by atoms with van der Waals surface area (Å²) < 4.78 is 0. The van der Waals surface area contributed by atoms with Gasteiger partial charge < -0.3 is 16.0 Å². The van der Waals surface area contributed by atoms with E-state index in [1.54, 1.807) is 6.20 Å². The third-order valence-corrected chi connectivity index (χ3v) is 3.24. The van der Waals surface area contributed by atoms with Crippen LogP contribution in [0.2, 0.25) is 0 Å². The third-order valence-electron chi connectivity index (χ3n) is 3.05. The second-order valence-electron chi connectivity index (χ2n) is 4.14. The van der Waals surface area contributed by atoms with Crippen LogP contribution in [0.25, 0.3) is 0 Å². The van der Waals surface area contributed by atoms with Crippen molar-refractivity contribution >= 4 is 28.8 Å². The highest BCUT2D eigenvalue weighted by Crippen LogP contribution is 2.23. The fourth-order valence-electron chi connectivity index (χ4n) is 2.23. The van der Waals surface area contributed by atoms with Gasteiger partial charge in [0.2, 0.25) is 5.91 Å². The topological polar surface area (TPSA) is 71.2 Å². The number of hydrogen-bond donors (Lipinski definition) is 2. The lowest BCUT2D eigenvalue weighted by atomic mass is 10.1. The second-order valence-corrected chi connectivity index (χ2v) is 4.58. The highest BCUT2D eigenvalue weighted by Gasteiger charge is 2.29. The zero-order valence-corrected chi connectivity index (χ0v) is 11.0. The van der Waals surface area contributed by atoms with Gasteiger partial charge in [0.25, 0.3) is 0 Å². The van der Waals surface area contributed by atoms with Gasteiger partial charge in [-0.3, -0.25) is 9.78 Å². The lowest BCUT2D eigenvalue weighted by Gasteiger charge is -2.36. The number of nitrogens with one attached hydrogen (secondary N) is 1. The molecule has 0 aliphatic carbocycles. The van der Waals surface area contributed by atoms with Gasteiger partial charge >= 0.3 is 0 Å². The Bertz CT molecular complexity index is 477. The molecule has 18 heavy (non-hydrogen) atoms. The number of nitrogens with two attached hydrogens (primary N) is 1. The van der Waals surface area contributed by atoms with Crippen LogP contribution in [0.3, 0.4) is 0 Å². The van der Waals surface area contributed by atoms with Crippen LogP contribution < -0.4 is 16.0 Å². The summed E-state index contributed by atoms with van der Waals surface area (Å²) in [7, 11) is 0. The number of rotatable bonds is 3. The molecule has 0 spiro atoms. The van der Waals surface area contributed by atoms with Gasteiger partial charge in [-0.25, -0.2) is 0 Å². The summed E-state index contributed by atoms with van der Waals surface area (Å²) >= 11 is 5.01. The zero-order chi connectivity index (χ0) is 13.1. The van der Waals surface area contributed by atoms with Crippen LogP contribution in [0.5, 0.6) is 0 Å². The van der Waals surface area contributed by atoms with Gasteiger partial charge in [-0.05, 0) is 18.6 Å². The monoisotopic (exact) mass is 264 g/mol. The van der Waals surface area contributed by atoms with E-state index in [-0.39, 0.29) is 16.9 Å². The number of piperazine rings is 1. The summed E-state index contributed by atoms with van der Waals surface area (Å²) in [5.74, 6) is 0.0430. The van der Waals surface area contributed by atoms with Gasteiger partial charge in [0.1, 0.15) is 16.7 Å². The largest absolute Gasteiger partial charge is 0.388 e. The number of thiocarbonyl (C=S) groups is 1. The summed E-state index contributed by atoms with van der Waals surface area (Å²) in [6.45, 7) is 3.35. The van der Waals surface area contributed by atoms with Gasteiger partial charge in [-0.2, -0.15) is 0 Å². The third kappa shape index (κ3) is 2.28. The predicted octanol–water partition coefficient (Wildman–Crippen LogP) is 0.431. The number of pyridine rings is 1. The molecule has 96 valence electrons. The van der Waals surface area contributed by atoms with Crippen molar-refractivity contribution in [2.24, 2.45) is 5.73 Å². The molecule has 1 aliphatic rings. The Labute approximate surface area is 111 Å². The molecule has 1 saturated heterocycles. The maximum absolute atomic E-state index is 11.9. The quantitative estimate of drug-likeness (QED) is 0.775. The first-order valence-corrected chi connectivity index (χ1v) is 6.35. The Morgan fingerprint density at radius 1 is 1.72 bits per heavy atom. The highest BCUT2D eigenvalue weighted by molar-refractivity contribution is 7.80. The maximum atomic E-state index is 11.9. The Morgan fingerprint density at radius 2 is 2.50 bits per heavy atom. The van der Waals surface area contributed by atoms with E-state index < -0.39 is 0 Å². The van der Waals surface area contributed by atoms with E-state index in [0.717, 1.165) is 18.7 Å². The molecule has 1 amide bonds. The molecule has 1 atom stereocenters. The van der Waals surface area contributed by atoms with E-state index in [1.165, 1.54) is 0 Å². The van der Waals surface area contributed by atoms with Crippen molar-refractivity contribution in [1.29, 1.82) is 0 Å². The Hall–Kier alpha value is -1.69. The van der Waals surface area contributed by atoms with Crippen molar-refractivity contribution in [3.8, 4) is 0 Å². The lowest BCUT2D eigenvalue weighted by molar-refractivity contribution is -0.123. The second kappa shape index (κ2) is 5.30. The molecular weight excluding hydrogens is 248 g/mol. The number of aromatic nitrogens is 1. The van der Waals surface area contributed by atoms with Gasteiger partial charge in [-0.1, -0.05) is 19.1 Å². The van der Waals surface area contributed by atoms with Crippen molar-refractivity contribution in [3.05, 3.63) is 24.0 Å². The predicted molar refractivity (Wildman–Crippen MR) is 74.6 cm³/mol. The molecule has 0 aromatic carbocycles. The van der Waals surface area contributed by atoms with Crippen molar-refractivity contribution in [2.45, 2.75) is 19.4 Å². The van der Waals surface area contributed by atoms with Crippen LogP contribution in [0.1, 0.15) is 19.0 Å². The Balaban J connectivity index is 2.40. The summed E-state index contributed by atoms with van der Waals surface area (Å²) in [6, 6.07) is 3.55. The first-order chi connectivity index (χ1) is 8.65. The first kappa shape index (κ1) is 12.8. The molecule has 3 N–H and O–H groups in total. The molecule has 2 rings (SSSR count). The molecule has 6 heteroatoms. The lowest BCUT2D eigenvalue weighted by Crippen LogP contribution is -2.55. The smallest absolute Gasteiger partial charge is 0.242 e. The van der Waals surface area contributed by atoms with Gasteiger partial charge in [0, 0.05) is 19.3 Å². The van der Waals surface area contributed by atoms with Crippen LogP contribution in [-0.4, -0.2) is 35.0 Å². The van der Waals surface area contributed by atoms with Crippen LogP contribution in [0.4, 0.5) is 5.69 Å². The summed E-state index contributed by atoms with van der Waals surface area (Å²) in [4.78, 5) is 18.3. The molecule has 0 bridgehead atoms. The van der Waals surface area contributed by atoms with Gasteiger partial charge in [0.15, 0.2) is 0 Å². The highest BCUT2D eigenvalue weighted by atomic mass is 32.1. The van der Waals surface area contributed by atoms with E-state index in [9.17, 15) is 4.79 Å². The van der Waals surface area contributed by atoms with E-state index >= 15 is 0 Å². The van der Waals surface area contributed by atoms with E-state index in [2.05, 4.69) is 10.3 Å². The minimum Gasteiger partial charge on any atom is -0.388 e. The Kier molecular flexibility index (Phi) is 3.76. The fourth-order valence-corrected chi connectivity index (χ4v) is 2.38. The molecule has 1 fully saturated rings. The van der Waals surface area contributed by atoms with Crippen LogP contribution in [0.15, 0.2) is 18.3 Å². The van der Waals surface area contributed by atoms with Crippen molar-refractivity contribution < 1.29 is 4.79 Å². The fraction of sp³-hybridized carbons (Fsp3) is 0.417. The SMILES string of the molecule is CCC1C(=O)NCCN1c1cccnc1C(N)=S. The molecular formula is C12H16N4OS. The van der Waals surface area contributed by atoms with Crippen molar-refractivity contribution in [2.75, 3.05) is 18.0 Å². The summed E-state index contributed by atoms with van der Waals surface area (Å²) in [6.07, 6.45) is 2.39. The molecule has 0 saturated carbocycles. The summed E-state index contributed by atoms with van der Waals surface area (Å²) in [5, 5.41) is 2.87. The number of amides is 1. The number of nitrogens with zero attached hydrogens (tertiary/aromatic N) is 2. The van der Waals surface area contributed by atoms with Crippen molar-refractivity contribution in [1.82, 2.24) is 10.3 Å². The molecule has 1 aliphatic heterocycles. The van der Waals surface area contributed by atoms with Crippen LogP contribution in [-0.2, 0) is 4.79 Å². The van der Waals surface area contributed by atoms with Crippen molar-refractivity contribution in [3.63, 3.8) is 0 Å². The molecule has 1 aromatic rings. The first-order valence-electron chi connectivity index (χ1n) is 5.94. The molecule has 2 heterocycles. The normalized spacial score (nSPS) is 19.5. The number of carbonyl (C=O) groups is 1. The van der Waals surface area contributed by atoms with Gasteiger partial charge in [-0.15, -0.1) is 0 Å². The molecule has 1 unspecified atom stereocenters. The average Bonchev–Trinajstić information content (AvgIpc) is 2.38. The zero-order valence-electron chi connectivity index (χ0n) is 10.2. The Morgan fingerprint density at radius 3 is 3.17 bits per heavy atom. The standard InChI is InChI=1S/C12H16N4OS/c1-2-8-12(17)15-6-7-16(8)9-4-3-5-14-10(9)11(13)18/h3-5,8H,2,6-7H2,1H3,(H2,13,18)(H,15,17). The molecule has 1 aromatic heterocycles. The van der Waals surface area contributed by atoms with Crippen LogP contribution in [0, 0.1) is 0 Å². The van der Waals surface area contributed by atoms with Gasteiger partial charge in [0.05, 0.1) is 5.69 Å². The minimum atomic E-state index is -0.184. The van der Waals surface area contributed by atoms with E-state index in [1.807, 2.05) is 24.0 Å². The van der Waals surface area contributed by atoms with E-state index in [4.69, 9.17) is 18.0 Å². The average molecular weight is 264 g/mol. The molecule has 0 radical (unpaired) electrons.